The van der Waals surface area contributed by atoms with E-state index in [1.807, 2.05) is 24.3 Å². The molecule has 0 atom stereocenters. The van der Waals surface area contributed by atoms with Gasteiger partial charge in [0, 0.05) is 0 Å². The van der Waals surface area contributed by atoms with E-state index in [-0.39, 0.29) is 0 Å². The largest absolute Gasteiger partial charge is 0.437 e. The second kappa shape index (κ2) is 5.01. The predicted octanol–water partition coefficient (Wildman–Crippen LogP) is 3.82. The number of ether oxygens (including phenoxy) is 1. The number of benzene rings is 1. The van der Waals surface area contributed by atoms with Crippen molar-refractivity contribution in [3.8, 4) is 11.6 Å². The first-order valence-electron chi connectivity index (χ1n) is 4.50. The van der Waals surface area contributed by atoms with Crippen LogP contribution in [0.2, 0.25) is 0 Å². The summed E-state index contributed by atoms with van der Waals surface area (Å²) in [7, 11) is 0. The van der Waals surface area contributed by atoms with Crippen LogP contribution in [-0.2, 0) is 0 Å². The van der Waals surface area contributed by atoms with Gasteiger partial charge in [-0.3, -0.25) is 0 Å². The number of anilines is 1. The minimum Gasteiger partial charge on any atom is -0.437 e. The molecule has 0 saturated heterocycles. The molecule has 0 aliphatic rings. The molecule has 1 aromatic heterocycles. The van der Waals surface area contributed by atoms with E-state index in [0.717, 1.165) is 13.8 Å². The molecule has 0 amide bonds. The van der Waals surface area contributed by atoms with Crippen LogP contribution in [-0.4, -0.2) is 4.98 Å². The highest BCUT2D eigenvalue weighted by atomic mass is 127. The van der Waals surface area contributed by atoms with Gasteiger partial charge in [0.05, 0.1) is 19.9 Å². The van der Waals surface area contributed by atoms with Crippen molar-refractivity contribution in [3.05, 3.63) is 44.6 Å². The maximum atomic E-state index is 5.67. The SMILES string of the molecule is Nc1cnc(Oc2ccccc2I)c(Br)c1. The molecule has 0 aliphatic carbocycles. The van der Waals surface area contributed by atoms with Crippen LogP contribution in [0, 0.1) is 3.57 Å². The molecule has 0 bridgehead atoms. The highest BCUT2D eigenvalue weighted by molar-refractivity contribution is 14.1. The molecule has 3 nitrogen and oxygen atoms in total. The van der Waals surface area contributed by atoms with Gasteiger partial charge in [0.1, 0.15) is 5.75 Å². The van der Waals surface area contributed by atoms with Crippen molar-refractivity contribution >= 4 is 44.2 Å². The van der Waals surface area contributed by atoms with Crippen molar-refractivity contribution in [3.63, 3.8) is 0 Å². The molecular formula is C11H8BrIN2O. The number of hydrogen-bond donors (Lipinski definition) is 1. The number of aromatic nitrogens is 1. The molecule has 2 rings (SSSR count). The Hall–Kier alpha value is -0.820. The summed E-state index contributed by atoms with van der Waals surface area (Å²) in [5.41, 5.74) is 6.20. The molecule has 0 aliphatic heterocycles. The van der Waals surface area contributed by atoms with Gasteiger partial charge < -0.3 is 10.5 Å². The molecule has 2 N–H and O–H groups in total. The van der Waals surface area contributed by atoms with Gasteiger partial charge in [0.25, 0.3) is 0 Å². The lowest BCUT2D eigenvalue weighted by Gasteiger charge is -2.08. The molecule has 0 radical (unpaired) electrons. The van der Waals surface area contributed by atoms with E-state index in [2.05, 4.69) is 43.5 Å². The first kappa shape index (κ1) is 11.7. The van der Waals surface area contributed by atoms with Gasteiger partial charge in [-0.05, 0) is 56.7 Å². The Morgan fingerprint density at radius 2 is 2.06 bits per heavy atom. The van der Waals surface area contributed by atoms with E-state index in [1.54, 1.807) is 12.3 Å². The summed E-state index contributed by atoms with van der Waals surface area (Å²) >= 11 is 5.57. The number of halogens is 2. The van der Waals surface area contributed by atoms with Crippen LogP contribution in [0.15, 0.2) is 41.0 Å². The number of pyridine rings is 1. The number of nitrogens with two attached hydrogens (primary N) is 1. The van der Waals surface area contributed by atoms with Gasteiger partial charge >= 0.3 is 0 Å². The Morgan fingerprint density at radius 3 is 2.75 bits per heavy atom. The fourth-order valence-electron chi connectivity index (χ4n) is 1.15. The first-order valence-corrected chi connectivity index (χ1v) is 6.37. The van der Waals surface area contributed by atoms with Crippen molar-refractivity contribution in [1.29, 1.82) is 0 Å². The van der Waals surface area contributed by atoms with E-state index in [4.69, 9.17) is 10.5 Å². The summed E-state index contributed by atoms with van der Waals surface area (Å²) in [6.45, 7) is 0. The van der Waals surface area contributed by atoms with Crippen LogP contribution in [0.1, 0.15) is 0 Å². The number of rotatable bonds is 2. The Morgan fingerprint density at radius 1 is 1.31 bits per heavy atom. The molecule has 2 aromatic rings. The van der Waals surface area contributed by atoms with Crippen LogP contribution in [0.25, 0.3) is 0 Å². The molecule has 0 unspecified atom stereocenters. The van der Waals surface area contributed by atoms with Gasteiger partial charge in [0.15, 0.2) is 0 Å². The molecule has 0 saturated carbocycles. The molecule has 0 spiro atoms. The highest BCUT2D eigenvalue weighted by Crippen LogP contribution is 2.30. The third-order valence-electron chi connectivity index (χ3n) is 1.87. The van der Waals surface area contributed by atoms with Crippen LogP contribution in [0.3, 0.4) is 0 Å². The summed E-state index contributed by atoms with van der Waals surface area (Å²) < 4.78 is 7.45. The lowest BCUT2D eigenvalue weighted by atomic mass is 10.3. The molecule has 1 heterocycles. The quantitative estimate of drug-likeness (QED) is 0.793. The van der Waals surface area contributed by atoms with Crippen LogP contribution >= 0.6 is 38.5 Å². The zero-order valence-corrected chi connectivity index (χ0v) is 11.9. The predicted molar refractivity (Wildman–Crippen MR) is 75.6 cm³/mol. The van der Waals surface area contributed by atoms with Gasteiger partial charge in [-0.15, -0.1) is 0 Å². The van der Waals surface area contributed by atoms with E-state index >= 15 is 0 Å². The summed E-state index contributed by atoms with van der Waals surface area (Å²) in [5.74, 6) is 1.29. The van der Waals surface area contributed by atoms with Gasteiger partial charge in [-0.1, -0.05) is 12.1 Å². The van der Waals surface area contributed by atoms with E-state index in [9.17, 15) is 0 Å². The maximum absolute atomic E-state index is 5.67. The number of nitrogen functional groups attached to an aromatic ring is 1. The van der Waals surface area contributed by atoms with Gasteiger partial charge in [-0.25, -0.2) is 4.98 Å². The average Bonchev–Trinajstić information content (AvgIpc) is 2.25. The second-order valence-electron chi connectivity index (χ2n) is 3.09. The molecule has 0 fully saturated rings. The zero-order valence-electron chi connectivity index (χ0n) is 8.15. The third kappa shape index (κ3) is 2.65. The van der Waals surface area contributed by atoms with Gasteiger partial charge in [-0.2, -0.15) is 0 Å². The topological polar surface area (TPSA) is 48.1 Å². The van der Waals surface area contributed by atoms with Crippen LogP contribution in [0.5, 0.6) is 11.6 Å². The van der Waals surface area contributed by atoms with Crippen molar-refractivity contribution < 1.29 is 4.74 Å². The fourth-order valence-corrected chi connectivity index (χ4v) is 2.09. The Balaban J connectivity index is 2.31. The molecule has 5 heteroatoms. The summed E-state index contributed by atoms with van der Waals surface area (Å²) in [6.07, 6.45) is 1.57. The summed E-state index contributed by atoms with van der Waals surface area (Å²) in [5, 5.41) is 0. The maximum Gasteiger partial charge on any atom is 0.233 e. The van der Waals surface area contributed by atoms with E-state index < -0.39 is 0 Å². The molecule has 1 aromatic carbocycles. The normalized spacial score (nSPS) is 10.1. The minimum atomic E-state index is 0.512. The van der Waals surface area contributed by atoms with E-state index in [1.165, 1.54) is 0 Å². The molecular weight excluding hydrogens is 383 g/mol. The first-order chi connectivity index (χ1) is 7.66. The third-order valence-corrected chi connectivity index (χ3v) is 3.33. The lowest BCUT2D eigenvalue weighted by molar-refractivity contribution is 0.457. The average molecular weight is 391 g/mol. The Labute approximate surface area is 115 Å². The zero-order chi connectivity index (χ0) is 11.5. The standard InChI is InChI=1S/C11H8BrIN2O/c12-8-5-7(14)6-15-11(8)16-10-4-2-1-3-9(10)13/h1-6H,14H2. The van der Waals surface area contributed by atoms with Crippen molar-refractivity contribution in [2.24, 2.45) is 0 Å². The van der Waals surface area contributed by atoms with Crippen LogP contribution in [0.4, 0.5) is 5.69 Å². The summed E-state index contributed by atoms with van der Waals surface area (Å²) in [6, 6.07) is 9.51. The summed E-state index contributed by atoms with van der Waals surface area (Å²) in [4.78, 5) is 4.12. The second-order valence-corrected chi connectivity index (χ2v) is 5.10. The lowest BCUT2D eigenvalue weighted by Crippen LogP contribution is -1.93. The number of nitrogens with zero attached hydrogens (tertiary/aromatic N) is 1. The van der Waals surface area contributed by atoms with Crippen molar-refractivity contribution in [1.82, 2.24) is 4.98 Å². The monoisotopic (exact) mass is 390 g/mol. The van der Waals surface area contributed by atoms with Gasteiger partial charge in [0.2, 0.25) is 5.88 Å². The van der Waals surface area contributed by atoms with Crippen molar-refractivity contribution in [2.45, 2.75) is 0 Å². The highest BCUT2D eigenvalue weighted by Gasteiger charge is 2.06. The molecule has 16 heavy (non-hydrogen) atoms. The Kier molecular flexibility index (Phi) is 3.65. The smallest absolute Gasteiger partial charge is 0.233 e. The van der Waals surface area contributed by atoms with E-state index in [0.29, 0.717) is 11.6 Å². The fraction of sp³-hybridized carbons (Fsp3) is 0. The van der Waals surface area contributed by atoms with Crippen molar-refractivity contribution in [2.75, 3.05) is 5.73 Å². The minimum absolute atomic E-state index is 0.512. The number of para-hydroxylation sites is 1. The Bertz CT molecular complexity index is 519. The molecule has 82 valence electrons. The number of hydrogen-bond acceptors (Lipinski definition) is 3. The van der Waals surface area contributed by atoms with Crippen LogP contribution < -0.4 is 10.5 Å².